The van der Waals surface area contributed by atoms with Crippen LogP contribution in [0, 0.1) is 0 Å². The molecule has 0 radical (unpaired) electrons. The highest BCUT2D eigenvalue weighted by atomic mass is 79.9. The summed E-state index contributed by atoms with van der Waals surface area (Å²) in [6, 6.07) is 25.7. The molecule has 32 heavy (non-hydrogen) atoms. The van der Waals surface area contributed by atoms with E-state index in [4.69, 9.17) is 16.7 Å². The van der Waals surface area contributed by atoms with E-state index in [1.807, 2.05) is 77.8 Å². The van der Waals surface area contributed by atoms with Crippen molar-refractivity contribution in [2.45, 2.75) is 12.5 Å². The number of rotatable bonds is 3. The number of benzene rings is 3. The SMILES string of the molecule is O=C1N=C(N2N=C(c3ccccc3)CC2c2ccc(Cl)cc2)/C(=C/c2ccc(Br)cc2)S1. The molecule has 0 spiro atoms. The molecule has 3 aromatic carbocycles. The molecule has 3 aromatic rings. The van der Waals surface area contributed by atoms with Crippen LogP contribution in [0.15, 0.2) is 98.3 Å². The lowest BCUT2D eigenvalue weighted by atomic mass is 9.98. The van der Waals surface area contributed by atoms with Gasteiger partial charge in [-0.05, 0) is 58.8 Å². The van der Waals surface area contributed by atoms with E-state index < -0.39 is 0 Å². The predicted molar refractivity (Wildman–Crippen MR) is 136 cm³/mol. The van der Waals surface area contributed by atoms with Gasteiger partial charge in [0.2, 0.25) is 0 Å². The van der Waals surface area contributed by atoms with Crippen LogP contribution in [-0.2, 0) is 0 Å². The average Bonchev–Trinajstić information content (AvgIpc) is 3.40. The molecule has 1 unspecified atom stereocenters. The van der Waals surface area contributed by atoms with Crippen molar-refractivity contribution < 1.29 is 4.79 Å². The van der Waals surface area contributed by atoms with E-state index in [0.29, 0.717) is 17.3 Å². The molecule has 0 fully saturated rings. The summed E-state index contributed by atoms with van der Waals surface area (Å²) in [5.41, 5.74) is 4.08. The fraction of sp³-hybridized carbons (Fsp3) is 0.0800. The molecule has 0 saturated heterocycles. The van der Waals surface area contributed by atoms with Gasteiger partial charge in [0, 0.05) is 15.9 Å². The molecule has 4 nitrogen and oxygen atoms in total. The van der Waals surface area contributed by atoms with Crippen LogP contribution in [0.1, 0.15) is 29.2 Å². The smallest absolute Gasteiger partial charge is 0.259 e. The van der Waals surface area contributed by atoms with Crippen molar-refractivity contribution in [2.75, 3.05) is 0 Å². The highest BCUT2D eigenvalue weighted by Gasteiger charge is 2.36. The summed E-state index contributed by atoms with van der Waals surface area (Å²) in [6.45, 7) is 0. The molecule has 0 aromatic heterocycles. The Hall–Kier alpha value is -2.67. The van der Waals surface area contributed by atoms with Gasteiger partial charge >= 0.3 is 5.24 Å². The second kappa shape index (κ2) is 9.06. The van der Waals surface area contributed by atoms with E-state index in [9.17, 15) is 4.79 Å². The molecule has 2 aliphatic rings. The average molecular weight is 523 g/mol. The summed E-state index contributed by atoms with van der Waals surface area (Å²) in [5, 5.41) is 7.26. The normalized spacial score (nSPS) is 19.4. The number of hydrogen-bond acceptors (Lipinski definition) is 4. The molecule has 158 valence electrons. The molecule has 2 heterocycles. The highest BCUT2D eigenvalue weighted by Crippen LogP contribution is 2.39. The van der Waals surface area contributed by atoms with Gasteiger partial charge in [0.05, 0.1) is 16.7 Å². The maximum atomic E-state index is 12.3. The molecule has 1 amide bonds. The third-order valence-electron chi connectivity index (χ3n) is 5.27. The topological polar surface area (TPSA) is 45.0 Å². The van der Waals surface area contributed by atoms with Crippen molar-refractivity contribution in [3.63, 3.8) is 0 Å². The molecule has 0 N–H and O–H groups in total. The summed E-state index contributed by atoms with van der Waals surface area (Å²) >= 11 is 10.7. The number of carbonyl (C=O) groups excluding carboxylic acids is 1. The lowest BCUT2D eigenvalue weighted by Gasteiger charge is -2.24. The molecule has 7 heteroatoms. The van der Waals surface area contributed by atoms with Crippen LogP contribution in [0.2, 0.25) is 5.02 Å². The maximum Gasteiger partial charge on any atom is 0.311 e. The Labute approximate surface area is 203 Å². The Morgan fingerprint density at radius 1 is 1.00 bits per heavy atom. The van der Waals surface area contributed by atoms with Crippen molar-refractivity contribution in [2.24, 2.45) is 10.1 Å². The monoisotopic (exact) mass is 521 g/mol. The molecule has 1 atom stereocenters. The van der Waals surface area contributed by atoms with Crippen LogP contribution in [0.3, 0.4) is 0 Å². The third-order valence-corrected chi connectivity index (χ3v) is 6.84. The molecule has 0 saturated carbocycles. The van der Waals surface area contributed by atoms with Crippen LogP contribution < -0.4 is 0 Å². The number of nitrogens with zero attached hydrogens (tertiary/aromatic N) is 3. The van der Waals surface area contributed by atoms with Crippen LogP contribution >= 0.6 is 39.3 Å². The summed E-state index contributed by atoms with van der Waals surface area (Å²) < 4.78 is 1.00. The van der Waals surface area contributed by atoms with Crippen LogP contribution in [0.25, 0.3) is 6.08 Å². The van der Waals surface area contributed by atoms with Gasteiger partial charge in [-0.1, -0.05) is 82.1 Å². The molecule has 0 bridgehead atoms. The number of hydrogen-bond donors (Lipinski definition) is 0. The van der Waals surface area contributed by atoms with Crippen molar-refractivity contribution in [1.29, 1.82) is 0 Å². The Morgan fingerprint density at radius 2 is 1.72 bits per heavy atom. The number of aliphatic imine (C=N–C) groups is 1. The van der Waals surface area contributed by atoms with Crippen LogP contribution in [-0.4, -0.2) is 21.8 Å². The maximum absolute atomic E-state index is 12.3. The number of carbonyl (C=O) groups is 1. The standard InChI is InChI=1S/C25H17BrClN3OS/c26-19-10-6-16(7-11-19)14-23-24(28-25(31)32-23)30-22(18-8-12-20(27)13-9-18)15-21(29-30)17-4-2-1-3-5-17/h1-14,22H,15H2/b23-14-. The lowest BCUT2D eigenvalue weighted by Crippen LogP contribution is -2.26. The molecule has 5 rings (SSSR count). The highest BCUT2D eigenvalue weighted by molar-refractivity contribution is 9.10. The summed E-state index contributed by atoms with van der Waals surface area (Å²) in [4.78, 5) is 17.5. The van der Waals surface area contributed by atoms with Gasteiger partial charge in [0.15, 0.2) is 5.84 Å². The number of amidine groups is 1. The van der Waals surface area contributed by atoms with E-state index in [1.165, 1.54) is 0 Å². The number of hydrazone groups is 1. The third kappa shape index (κ3) is 4.44. The Balaban J connectivity index is 1.56. The Morgan fingerprint density at radius 3 is 2.44 bits per heavy atom. The quantitative estimate of drug-likeness (QED) is 0.356. The van der Waals surface area contributed by atoms with Gasteiger partial charge in [0.1, 0.15) is 0 Å². The summed E-state index contributed by atoms with van der Waals surface area (Å²) in [7, 11) is 0. The first-order valence-electron chi connectivity index (χ1n) is 10.0. The molecular formula is C25H17BrClN3OS. The minimum absolute atomic E-state index is 0.0824. The van der Waals surface area contributed by atoms with Crippen molar-refractivity contribution in [3.05, 3.63) is 110 Å². The lowest BCUT2D eigenvalue weighted by molar-refractivity contribution is 0.267. The first-order valence-corrected chi connectivity index (χ1v) is 12.0. The van der Waals surface area contributed by atoms with Gasteiger partial charge in [-0.2, -0.15) is 10.1 Å². The van der Waals surface area contributed by atoms with Crippen molar-refractivity contribution >= 4 is 62.2 Å². The largest absolute Gasteiger partial charge is 0.311 e. The van der Waals surface area contributed by atoms with Gasteiger partial charge in [-0.3, -0.25) is 4.79 Å². The minimum atomic E-state index is -0.235. The second-order valence-corrected chi connectivity index (χ2v) is 9.74. The summed E-state index contributed by atoms with van der Waals surface area (Å²) in [5.74, 6) is 0.578. The van der Waals surface area contributed by atoms with E-state index in [1.54, 1.807) is 0 Å². The van der Waals surface area contributed by atoms with Crippen molar-refractivity contribution in [3.8, 4) is 0 Å². The van der Waals surface area contributed by atoms with Gasteiger partial charge < -0.3 is 0 Å². The molecular weight excluding hydrogens is 506 g/mol. The Bertz CT molecular complexity index is 1250. The fourth-order valence-electron chi connectivity index (χ4n) is 3.73. The summed E-state index contributed by atoms with van der Waals surface area (Å²) in [6.07, 6.45) is 2.69. The van der Waals surface area contributed by atoms with E-state index in [-0.39, 0.29) is 11.3 Å². The second-order valence-electron chi connectivity index (χ2n) is 7.39. The number of amides is 1. The Kier molecular flexibility index (Phi) is 6.00. The van der Waals surface area contributed by atoms with Gasteiger partial charge in [-0.15, -0.1) is 0 Å². The van der Waals surface area contributed by atoms with E-state index >= 15 is 0 Å². The first-order chi connectivity index (χ1) is 15.6. The zero-order chi connectivity index (χ0) is 22.1. The number of halogens is 2. The van der Waals surface area contributed by atoms with Crippen molar-refractivity contribution in [1.82, 2.24) is 5.01 Å². The fourth-order valence-corrected chi connectivity index (χ4v) is 4.86. The van der Waals surface area contributed by atoms with Crippen LogP contribution in [0.4, 0.5) is 4.79 Å². The first kappa shape index (κ1) is 21.2. The van der Waals surface area contributed by atoms with Crippen LogP contribution in [0.5, 0.6) is 0 Å². The van der Waals surface area contributed by atoms with Gasteiger partial charge in [-0.25, -0.2) is 5.01 Å². The zero-order valence-electron chi connectivity index (χ0n) is 16.8. The molecule has 2 aliphatic heterocycles. The predicted octanol–water partition coefficient (Wildman–Crippen LogP) is 7.56. The number of thioether (sulfide) groups is 1. The van der Waals surface area contributed by atoms with Gasteiger partial charge in [0.25, 0.3) is 0 Å². The zero-order valence-corrected chi connectivity index (χ0v) is 19.9. The van der Waals surface area contributed by atoms with E-state index in [2.05, 4.69) is 33.1 Å². The minimum Gasteiger partial charge on any atom is -0.259 e. The molecule has 0 aliphatic carbocycles. The van der Waals surface area contributed by atoms with E-state index in [0.717, 1.165) is 43.5 Å².